The van der Waals surface area contributed by atoms with Crippen molar-refractivity contribution >= 4 is 29.3 Å². The number of ether oxygens (including phenoxy) is 2. The molecule has 3 rings (SSSR count). The molecule has 0 saturated heterocycles. The van der Waals surface area contributed by atoms with Gasteiger partial charge in [0.15, 0.2) is 5.60 Å². The molecule has 1 heterocycles. The Labute approximate surface area is 173 Å². The van der Waals surface area contributed by atoms with Gasteiger partial charge in [-0.1, -0.05) is 18.2 Å². The Bertz CT molecular complexity index is 1010. The number of benzene rings is 2. The van der Waals surface area contributed by atoms with Crippen LogP contribution in [0.5, 0.6) is 0 Å². The van der Waals surface area contributed by atoms with Gasteiger partial charge < -0.3 is 14.8 Å². The minimum absolute atomic E-state index is 0.154. The molecule has 0 aromatic heterocycles. The molecule has 1 aliphatic heterocycles. The van der Waals surface area contributed by atoms with Crippen LogP contribution in [-0.2, 0) is 20.7 Å². The Morgan fingerprint density at radius 2 is 1.83 bits per heavy atom. The van der Waals surface area contributed by atoms with Crippen LogP contribution in [0.1, 0.15) is 43.6 Å². The Kier molecular flexibility index (Phi) is 5.52. The maximum absolute atomic E-state index is 14.1. The zero-order valence-electron chi connectivity index (χ0n) is 17.2. The summed E-state index contributed by atoms with van der Waals surface area (Å²) in [5.41, 5.74) is -0.978. The van der Waals surface area contributed by atoms with Crippen molar-refractivity contribution in [2.24, 2.45) is 0 Å². The second-order valence-electron chi connectivity index (χ2n) is 8.23. The largest absolute Gasteiger partial charge is 0.445 e. The Morgan fingerprint density at radius 1 is 1.13 bits per heavy atom. The number of anilines is 2. The van der Waals surface area contributed by atoms with Crippen molar-refractivity contribution in [1.29, 1.82) is 0 Å². The first-order chi connectivity index (χ1) is 14.0. The number of rotatable bonds is 3. The summed E-state index contributed by atoms with van der Waals surface area (Å²) in [7, 11) is 0. The first-order valence-corrected chi connectivity index (χ1v) is 9.39. The van der Waals surface area contributed by atoms with Crippen molar-refractivity contribution in [3.63, 3.8) is 0 Å². The molecular weight excluding hydrogens is 391 g/mol. The van der Waals surface area contributed by atoms with Gasteiger partial charge in [0.1, 0.15) is 11.4 Å². The van der Waals surface area contributed by atoms with E-state index in [0.717, 1.165) is 6.07 Å². The molecule has 7 nitrogen and oxygen atoms in total. The summed E-state index contributed by atoms with van der Waals surface area (Å²) in [5, 5.41) is 4.93. The molecule has 0 fully saturated rings. The van der Waals surface area contributed by atoms with E-state index < -0.39 is 35.0 Å². The van der Waals surface area contributed by atoms with Gasteiger partial charge in [-0.15, -0.1) is 0 Å². The van der Waals surface area contributed by atoms with Gasteiger partial charge in [-0.2, -0.15) is 0 Å². The molecule has 0 aliphatic carbocycles. The van der Waals surface area contributed by atoms with Gasteiger partial charge in [0.05, 0.1) is 11.3 Å². The van der Waals surface area contributed by atoms with Crippen LogP contribution in [0.3, 0.4) is 0 Å². The summed E-state index contributed by atoms with van der Waals surface area (Å²) in [6.45, 7) is 6.57. The molecule has 0 saturated carbocycles. The maximum atomic E-state index is 14.1. The lowest BCUT2D eigenvalue weighted by Crippen LogP contribution is -2.48. The number of halogens is 1. The number of amides is 2. The van der Waals surface area contributed by atoms with Gasteiger partial charge >= 0.3 is 12.1 Å². The third-order valence-electron chi connectivity index (χ3n) is 4.42. The van der Waals surface area contributed by atoms with Gasteiger partial charge in [0.2, 0.25) is 0 Å². The molecule has 1 aliphatic rings. The molecule has 0 spiro atoms. The fraction of sp³-hybridized carbons (Fsp3) is 0.318. The van der Waals surface area contributed by atoms with Crippen LogP contribution in [0, 0.1) is 5.82 Å². The molecule has 2 amide bonds. The second kappa shape index (κ2) is 7.78. The Hall–Kier alpha value is -3.42. The van der Waals surface area contributed by atoms with E-state index in [1.165, 1.54) is 19.1 Å². The Balaban J connectivity index is 1.76. The van der Waals surface area contributed by atoms with Crippen molar-refractivity contribution in [2.45, 2.75) is 45.3 Å². The number of carbonyl (C=O) groups is 3. The summed E-state index contributed by atoms with van der Waals surface area (Å²) < 4.78 is 24.6. The van der Waals surface area contributed by atoms with E-state index in [-0.39, 0.29) is 17.8 Å². The second-order valence-corrected chi connectivity index (χ2v) is 8.23. The van der Waals surface area contributed by atoms with E-state index in [2.05, 4.69) is 10.6 Å². The van der Waals surface area contributed by atoms with Gasteiger partial charge in [0.25, 0.3) is 5.91 Å². The Morgan fingerprint density at radius 3 is 2.53 bits per heavy atom. The fourth-order valence-electron chi connectivity index (χ4n) is 3.03. The minimum atomic E-state index is -1.43. The number of hydrogen-bond donors (Lipinski definition) is 2. The van der Waals surface area contributed by atoms with Crippen LogP contribution < -0.4 is 10.6 Å². The molecule has 2 aromatic rings. The zero-order chi connectivity index (χ0) is 22.1. The standard InChI is InChI=1S/C22H23FN2O5/c1-21(2,3)30-20(28)25-17-11-14(9-10-16(17)23)24-19(27)22(4)12-13-7-5-6-8-15(13)18(26)29-22/h5-11H,12H2,1-4H3,(H,24,27)(H,25,28). The van der Waals surface area contributed by atoms with Gasteiger partial charge in [-0.25, -0.2) is 14.0 Å². The topological polar surface area (TPSA) is 93.7 Å². The van der Waals surface area contributed by atoms with Gasteiger partial charge in [-0.05, 0) is 57.5 Å². The third kappa shape index (κ3) is 4.76. The van der Waals surface area contributed by atoms with Crippen molar-refractivity contribution in [2.75, 3.05) is 10.6 Å². The molecule has 8 heteroatoms. The highest BCUT2D eigenvalue weighted by atomic mass is 19.1. The summed E-state index contributed by atoms with van der Waals surface area (Å²) in [5.74, 6) is -1.84. The smallest absolute Gasteiger partial charge is 0.412 e. The van der Waals surface area contributed by atoms with Gasteiger partial charge in [-0.3, -0.25) is 10.1 Å². The molecular formula is C22H23FN2O5. The lowest BCUT2D eigenvalue weighted by atomic mass is 9.89. The number of cyclic esters (lactones) is 1. The molecule has 158 valence electrons. The summed E-state index contributed by atoms with van der Waals surface area (Å²) in [6.07, 6.45) is -0.625. The number of nitrogens with one attached hydrogen (secondary N) is 2. The predicted octanol–water partition coefficient (Wildman–Crippen LogP) is 4.28. The van der Waals surface area contributed by atoms with Gasteiger partial charge in [0, 0.05) is 12.1 Å². The first-order valence-electron chi connectivity index (χ1n) is 9.39. The maximum Gasteiger partial charge on any atom is 0.412 e. The summed E-state index contributed by atoms with van der Waals surface area (Å²) in [4.78, 5) is 37.1. The van der Waals surface area contributed by atoms with E-state index in [0.29, 0.717) is 11.1 Å². The normalized spacial score (nSPS) is 18.1. The monoisotopic (exact) mass is 414 g/mol. The molecule has 30 heavy (non-hydrogen) atoms. The van der Waals surface area contributed by atoms with Crippen LogP contribution in [0.4, 0.5) is 20.6 Å². The SMILES string of the molecule is CC(C)(C)OC(=O)Nc1cc(NC(=O)C2(C)Cc3ccccc3C(=O)O2)ccc1F. The first kappa shape index (κ1) is 21.3. The van der Waals surface area contributed by atoms with E-state index in [1.807, 2.05) is 0 Å². The number of esters is 1. The lowest BCUT2D eigenvalue weighted by molar-refractivity contribution is -0.134. The van der Waals surface area contributed by atoms with Crippen LogP contribution in [0.2, 0.25) is 0 Å². The fourth-order valence-corrected chi connectivity index (χ4v) is 3.03. The van der Waals surface area contributed by atoms with Crippen LogP contribution in [-0.4, -0.2) is 29.2 Å². The van der Waals surface area contributed by atoms with Crippen molar-refractivity contribution in [3.05, 3.63) is 59.4 Å². The van der Waals surface area contributed by atoms with Crippen LogP contribution in [0.25, 0.3) is 0 Å². The highest BCUT2D eigenvalue weighted by Gasteiger charge is 2.42. The summed E-state index contributed by atoms with van der Waals surface area (Å²) >= 11 is 0. The van der Waals surface area contributed by atoms with E-state index in [1.54, 1.807) is 45.0 Å². The van der Waals surface area contributed by atoms with E-state index >= 15 is 0 Å². The average Bonchev–Trinajstić information content (AvgIpc) is 2.62. The van der Waals surface area contributed by atoms with Crippen LogP contribution >= 0.6 is 0 Å². The van der Waals surface area contributed by atoms with Crippen molar-refractivity contribution in [1.82, 2.24) is 0 Å². The predicted molar refractivity (Wildman–Crippen MR) is 109 cm³/mol. The number of carbonyl (C=O) groups excluding carboxylic acids is 3. The zero-order valence-corrected chi connectivity index (χ0v) is 17.2. The molecule has 1 atom stereocenters. The minimum Gasteiger partial charge on any atom is -0.445 e. The van der Waals surface area contributed by atoms with Crippen molar-refractivity contribution in [3.8, 4) is 0 Å². The van der Waals surface area contributed by atoms with Crippen molar-refractivity contribution < 1.29 is 28.2 Å². The van der Waals surface area contributed by atoms with E-state index in [4.69, 9.17) is 9.47 Å². The quantitative estimate of drug-likeness (QED) is 0.731. The highest BCUT2D eigenvalue weighted by Crippen LogP contribution is 2.30. The van der Waals surface area contributed by atoms with Crippen LogP contribution in [0.15, 0.2) is 42.5 Å². The van der Waals surface area contributed by atoms with E-state index in [9.17, 15) is 18.8 Å². The molecule has 1 unspecified atom stereocenters. The molecule has 2 N–H and O–H groups in total. The highest BCUT2D eigenvalue weighted by molar-refractivity contribution is 6.02. The third-order valence-corrected chi connectivity index (χ3v) is 4.42. The number of hydrogen-bond acceptors (Lipinski definition) is 5. The molecule has 2 aromatic carbocycles. The summed E-state index contributed by atoms with van der Waals surface area (Å²) in [6, 6.07) is 10.6. The lowest BCUT2D eigenvalue weighted by Gasteiger charge is -2.33. The number of fused-ring (bicyclic) bond motifs is 1. The molecule has 0 radical (unpaired) electrons. The average molecular weight is 414 g/mol. The molecule has 0 bridgehead atoms.